The minimum Gasteiger partial charge on any atom is -0.379 e. The number of halogens is 1. The van der Waals surface area contributed by atoms with Crippen LogP contribution < -0.4 is 16.0 Å². The molecular formula is C21H34FN5O2. The summed E-state index contributed by atoms with van der Waals surface area (Å²) >= 11 is 0. The zero-order valence-corrected chi connectivity index (χ0v) is 17.7. The minimum atomic E-state index is -0.388. The number of aliphatic imine (C=N–C) groups is 1. The molecule has 162 valence electrons. The van der Waals surface area contributed by atoms with E-state index in [9.17, 15) is 9.18 Å². The highest BCUT2D eigenvalue weighted by atomic mass is 19.1. The minimum absolute atomic E-state index is 0.0434. The highest BCUT2D eigenvalue weighted by molar-refractivity contribution is 5.94. The maximum atomic E-state index is 13.2. The van der Waals surface area contributed by atoms with Gasteiger partial charge in [0, 0.05) is 37.9 Å². The lowest BCUT2D eigenvalue weighted by Gasteiger charge is -2.35. The van der Waals surface area contributed by atoms with E-state index in [2.05, 4.69) is 39.7 Å². The number of carbonyl (C=O) groups excluding carboxylic acids is 1. The highest BCUT2D eigenvalue weighted by Gasteiger charge is 2.22. The zero-order valence-electron chi connectivity index (χ0n) is 17.7. The smallest absolute Gasteiger partial charge is 0.246 e. The van der Waals surface area contributed by atoms with E-state index in [4.69, 9.17) is 4.74 Å². The maximum Gasteiger partial charge on any atom is 0.246 e. The van der Waals surface area contributed by atoms with Crippen LogP contribution in [-0.2, 0) is 9.53 Å². The molecule has 1 aromatic carbocycles. The first-order valence-electron chi connectivity index (χ1n) is 10.4. The molecule has 1 amide bonds. The number of hydrogen-bond donors (Lipinski definition) is 3. The lowest BCUT2D eigenvalue weighted by atomic mass is 10.0. The van der Waals surface area contributed by atoms with E-state index in [1.807, 2.05) is 6.92 Å². The van der Waals surface area contributed by atoms with Crippen molar-refractivity contribution in [3.8, 4) is 0 Å². The Balaban J connectivity index is 1.91. The van der Waals surface area contributed by atoms with Crippen LogP contribution in [0.5, 0.6) is 0 Å². The van der Waals surface area contributed by atoms with Crippen molar-refractivity contribution in [2.75, 3.05) is 51.3 Å². The van der Waals surface area contributed by atoms with Crippen LogP contribution >= 0.6 is 0 Å². The van der Waals surface area contributed by atoms with Gasteiger partial charge in [0.25, 0.3) is 0 Å². The summed E-state index contributed by atoms with van der Waals surface area (Å²) in [5, 5.41) is 9.21. The summed E-state index contributed by atoms with van der Waals surface area (Å²) in [6.07, 6.45) is 1.08. The van der Waals surface area contributed by atoms with Crippen molar-refractivity contribution in [1.29, 1.82) is 0 Å². The van der Waals surface area contributed by atoms with Crippen LogP contribution in [0, 0.1) is 11.7 Å². The standard InChI is InChI=1S/C21H34FN5O2/c1-4-23-21(25-15-20(28)26-18-7-5-6-17(22)13-18)24-14-19(12-16(2)3)27-8-10-29-11-9-27/h5-7,13,16,19H,4,8-12,14-15H2,1-3H3,(H,26,28)(H2,23,24,25). The number of anilines is 1. The molecule has 0 aromatic heterocycles. The Kier molecular flexibility index (Phi) is 9.87. The van der Waals surface area contributed by atoms with Gasteiger partial charge in [-0.25, -0.2) is 9.38 Å². The fourth-order valence-electron chi connectivity index (χ4n) is 3.32. The third-order valence-electron chi connectivity index (χ3n) is 4.64. The molecule has 0 radical (unpaired) electrons. The fourth-order valence-corrected chi connectivity index (χ4v) is 3.32. The molecule has 2 rings (SSSR count). The number of ether oxygens (including phenoxy) is 1. The second-order valence-electron chi connectivity index (χ2n) is 7.57. The molecule has 8 heteroatoms. The molecule has 1 saturated heterocycles. The topological polar surface area (TPSA) is 78.0 Å². The molecule has 0 bridgehead atoms. The van der Waals surface area contributed by atoms with Gasteiger partial charge in [0.05, 0.1) is 13.2 Å². The van der Waals surface area contributed by atoms with Crippen molar-refractivity contribution in [2.24, 2.45) is 10.9 Å². The highest BCUT2D eigenvalue weighted by Crippen LogP contribution is 2.13. The van der Waals surface area contributed by atoms with Crippen molar-refractivity contribution < 1.29 is 13.9 Å². The van der Waals surface area contributed by atoms with Crippen molar-refractivity contribution >= 4 is 17.6 Å². The molecule has 1 fully saturated rings. The van der Waals surface area contributed by atoms with Gasteiger partial charge in [0.1, 0.15) is 12.4 Å². The Hall–Kier alpha value is -2.19. The van der Waals surface area contributed by atoms with Gasteiger partial charge in [0.15, 0.2) is 5.96 Å². The van der Waals surface area contributed by atoms with Crippen molar-refractivity contribution in [1.82, 2.24) is 15.5 Å². The van der Waals surface area contributed by atoms with Crippen molar-refractivity contribution in [2.45, 2.75) is 33.2 Å². The number of rotatable bonds is 9. The molecule has 1 aliphatic heterocycles. The first-order valence-corrected chi connectivity index (χ1v) is 10.4. The van der Waals surface area contributed by atoms with Crippen LogP contribution in [0.15, 0.2) is 29.3 Å². The SMILES string of the molecule is CCNC(=NCC(=O)Nc1cccc(F)c1)NCC(CC(C)C)N1CCOCC1. The Bertz CT molecular complexity index is 662. The van der Waals surface area contributed by atoms with Gasteiger partial charge in [-0.2, -0.15) is 0 Å². The van der Waals surface area contributed by atoms with Crippen LogP contribution in [-0.4, -0.2) is 68.7 Å². The van der Waals surface area contributed by atoms with Gasteiger partial charge in [-0.3, -0.25) is 9.69 Å². The second kappa shape index (κ2) is 12.4. The van der Waals surface area contributed by atoms with Gasteiger partial charge < -0.3 is 20.7 Å². The average Bonchev–Trinajstić information content (AvgIpc) is 2.69. The Labute approximate surface area is 173 Å². The second-order valence-corrected chi connectivity index (χ2v) is 7.57. The fraction of sp³-hybridized carbons (Fsp3) is 0.619. The largest absolute Gasteiger partial charge is 0.379 e. The summed E-state index contributed by atoms with van der Waals surface area (Å²) in [6.45, 7) is 11.2. The Morgan fingerprint density at radius 3 is 2.69 bits per heavy atom. The lowest BCUT2D eigenvalue weighted by Crippen LogP contribution is -2.51. The molecule has 29 heavy (non-hydrogen) atoms. The normalized spacial score (nSPS) is 16.5. The predicted octanol–water partition coefficient (Wildman–Crippen LogP) is 2.07. The van der Waals surface area contributed by atoms with Gasteiger partial charge in [-0.15, -0.1) is 0 Å². The number of morpholine rings is 1. The van der Waals surface area contributed by atoms with E-state index in [0.29, 0.717) is 30.2 Å². The first-order chi connectivity index (χ1) is 14.0. The summed E-state index contributed by atoms with van der Waals surface area (Å²) in [6, 6.07) is 6.20. The van der Waals surface area contributed by atoms with E-state index in [1.54, 1.807) is 12.1 Å². The summed E-state index contributed by atoms with van der Waals surface area (Å²) in [5.41, 5.74) is 0.424. The van der Waals surface area contributed by atoms with Crippen LogP contribution in [0.3, 0.4) is 0 Å². The number of hydrogen-bond acceptors (Lipinski definition) is 4. The number of guanidine groups is 1. The third kappa shape index (κ3) is 8.79. The van der Waals surface area contributed by atoms with E-state index in [0.717, 1.165) is 39.3 Å². The molecule has 3 N–H and O–H groups in total. The van der Waals surface area contributed by atoms with Crippen molar-refractivity contribution in [3.63, 3.8) is 0 Å². The molecule has 7 nitrogen and oxygen atoms in total. The molecule has 1 aliphatic rings. The zero-order chi connectivity index (χ0) is 21.1. The maximum absolute atomic E-state index is 13.2. The number of nitrogens with zero attached hydrogens (tertiary/aromatic N) is 2. The number of carbonyl (C=O) groups is 1. The summed E-state index contributed by atoms with van der Waals surface area (Å²) in [4.78, 5) is 19.0. The number of amides is 1. The Morgan fingerprint density at radius 2 is 2.03 bits per heavy atom. The molecule has 0 aliphatic carbocycles. The van der Waals surface area contributed by atoms with Crippen LogP contribution in [0.25, 0.3) is 0 Å². The van der Waals surface area contributed by atoms with E-state index in [1.165, 1.54) is 12.1 Å². The summed E-state index contributed by atoms with van der Waals surface area (Å²) < 4.78 is 18.7. The molecule has 0 spiro atoms. The summed E-state index contributed by atoms with van der Waals surface area (Å²) in [7, 11) is 0. The average molecular weight is 408 g/mol. The van der Waals surface area contributed by atoms with Crippen LogP contribution in [0.2, 0.25) is 0 Å². The monoisotopic (exact) mass is 407 g/mol. The predicted molar refractivity (Wildman–Crippen MR) is 115 cm³/mol. The molecule has 0 saturated carbocycles. The van der Waals surface area contributed by atoms with Crippen LogP contribution in [0.1, 0.15) is 27.2 Å². The third-order valence-corrected chi connectivity index (χ3v) is 4.64. The van der Waals surface area contributed by atoms with Crippen molar-refractivity contribution in [3.05, 3.63) is 30.1 Å². The van der Waals surface area contributed by atoms with Gasteiger partial charge in [-0.1, -0.05) is 19.9 Å². The van der Waals surface area contributed by atoms with Gasteiger partial charge in [0.2, 0.25) is 5.91 Å². The quantitative estimate of drug-likeness (QED) is 0.432. The summed E-state index contributed by atoms with van der Waals surface area (Å²) in [5.74, 6) is 0.505. The van der Waals surface area contributed by atoms with Gasteiger partial charge in [-0.05, 0) is 37.5 Å². The molecule has 1 atom stereocenters. The Morgan fingerprint density at radius 1 is 1.28 bits per heavy atom. The molecule has 1 unspecified atom stereocenters. The lowest BCUT2D eigenvalue weighted by molar-refractivity contribution is -0.114. The van der Waals surface area contributed by atoms with E-state index >= 15 is 0 Å². The molecular weight excluding hydrogens is 373 g/mol. The van der Waals surface area contributed by atoms with E-state index < -0.39 is 0 Å². The van der Waals surface area contributed by atoms with Gasteiger partial charge >= 0.3 is 0 Å². The van der Waals surface area contributed by atoms with E-state index in [-0.39, 0.29) is 18.3 Å². The van der Waals surface area contributed by atoms with Crippen LogP contribution in [0.4, 0.5) is 10.1 Å². The number of nitrogens with one attached hydrogen (secondary N) is 3. The molecule has 1 aromatic rings. The molecule has 1 heterocycles. The number of benzene rings is 1. The first kappa shape index (κ1) is 23.1.